The Labute approximate surface area is 118 Å². The maximum absolute atomic E-state index is 3.65. The summed E-state index contributed by atoms with van der Waals surface area (Å²) in [7, 11) is 0. The topological polar surface area (TPSA) is 12.0 Å². The Morgan fingerprint density at radius 2 is 1.74 bits per heavy atom. The highest BCUT2D eigenvalue weighted by atomic mass is 14.9. The molecule has 1 aromatic rings. The molecule has 1 saturated carbocycles. The SMILES string of the molecule is CCCC1(CNCc2ccc(CC(C)C)cc2)CC1. The molecule has 0 spiro atoms. The molecule has 0 saturated heterocycles. The lowest BCUT2D eigenvalue weighted by Crippen LogP contribution is -2.23. The summed E-state index contributed by atoms with van der Waals surface area (Å²) < 4.78 is 0. The molecule has 1 nitrogen and oxygen atoms in total. The van der Waals surface area contributed by atoms with Crippen LogP contribution in [0.4, 0.5) is 0 Å². The molecule has 0 aliphatic heterocycles. The van der Waals surface area contributed by atoms with Gasteiger partial charge in [-0.1, -0.05) is 51.5 Å². The monoisotopic (exact) mass is 259 g/mol. The predicted molar refractivity (Wildman–Crippen MR) is 83.3 cm³/mol. The van der Waals surface area contributed by atoms with Crippen LogP contribution < -0.4 is 5.32 Å². The lowest BCUT2D eigenvalue weighted by Gasteiger charge is -2.15. The average Bonchev–Trinajstić information content (AvgIpc) is 3.11. The standard InChI is InChI=1S/C18H29N/c1-4-9-18(10-11-18)14-19-13-17-7-5-16(6-8-17)12-15(2)3/h5-8,15,19H,4,9-14H2,1-3H3. The molecule has 1 aromatic carbocycles. The first kappa shape index (κ1) is 14.6. The summed E-state index contributed by atoms with van der Waals surface area (Å²) >= 11 is 0. The molecule has 1 aliphatic carbocycles. The van der Waals surface area contributed by atoms with Gasteiger partial charge in [-0.3, -0.25) is 0 Å². The van der Waals surface area contributed by atoms with Crippen LogP contribution in [0.25, 0.3) is 0 Å². The minimum atomic E-state index is 0.659. The number of benzene rings is 1. The van der Waals surface area contributed by atoms with Crippen LogP contribution in [0.5, 0.6) is 0 Å². The highest BCUT2D eigenvalue weighted by Crippen LogP contribution is 2.48. The molecule has 1 fully saturated rings. The van der Waals surface area contributed by atoms with Gasteiger partial charge in [0.15, 0.2) is 0 Å². The molecule has 1 aliphatic rings. The molecule has 0 unspecified atom stereocenters. The Hall–Kier alpha value is -0.820. The molecule has 0 radical (unpaired) electrons. The Bertz CT molecular complexity index is 373. The number of rotatable bonds is 8. The average molecular weight is 259 g/mol. The fourth-order valence-corrected chi connectivity index (χ4v) is 2.96. The van der Waals surface area contributed by atoms with Gasteiger partial charge in [0.1, 0.15) is 0 Å². The first-order valence-electron chi connectivity index (χ1n) is 7.92. The van der Waals surface area contributed by atoms with E-state index in [0.29, 0.717) is 5.41 Å². The van der Waals surface area contributed by atoms with E-state index in [0.717, 1.165) is 12.5 Å². The molecule has 1 N–H and O–H groups in total. The van der Waals surface area contributed by atoms with E-state index in [2.05, 4.69) is 50.4 Å². The van der Waals surface area contributed by atoms with Gasteiger partial charge in [-0.05, 0) is 48.1 Å². The van der Waals surface area contributed by atoms with Crippen molar-refractivity contribution < 1.29 is 0 Å². The smallest absolute Gasteiger partial charge is 0.0205 e. The van der Waals surface area contributed by atoms with Gasteiger partial charge in [0.05, 0.1) is 0 Å². The van der Waals surface area contributed by atoms with E-state index >= 15 is 0 Å². The lowest BCUT2D eigenvalue weighted by atomic mass is 10.00. The Morgan fingerprint density at radius 1 is 1.11 bits per heavy atom. The van der Waals surface area contributed by atoms with Gasteiger partial charge in [-0.15, -0.1) is 0 Å². The zero-order valence-corrected chi connectivity index (χ0v) is 12.8. The normalized spacial score (nSPS) is 16.8. The molecule has 1 heteroatoms. The maximum atomic E-state index is 3.65. The third-order valence-electron chi connectivity index (χ3n) is 4.23. The first-order chi connectivity index (χ1) is 9.13. The van der Waals surface area contributed by atoms with Crippen molar-refractivity contribution in [3.63, 3.8) is 0 Å². The lowest BCUT2D eigenvalue weighted by molar-refractivity contribution is 0.421. The van der Waals surface area contributed by atoms with Crippen LogP contribution in [0.15, 0.2) is 24.3 Å². The quantitative estimate of drug-likeness (QED) is 0.722. The van der Waals surface area contributed by atoms with Crippen molar-refractivity contribution in [2.24, 2.45) is 11.3 Å². The summed E-state index contributed by atoms with van der Waals surface area (Å²) in [6.07, 6.45) is 6.77. The van der Waals surface area contributed by atoms with E-state index in [1.54, 1.807) is 0 Å². The molecule has 0 heterocycles. The first-order valence-corrected chi connectivity index (χ1v) is 7.92. The minimum Gasteiger partial charge on any atom is -0.312 e. The summed E-state index contributed by atoms with van der Waals surface area (Å²) in [6, 6.07) is 9.14. The Balaban J connectivity index is 1.74. The van der Waals surface area contributed by atoms with Crippen LogP contribution in [-0.4, -0.2) is 6.54 Å². The highest BCUT2D eigenvalue weighted by Gasteiger charge is 2.40. The molecular weight excluding hydrogens is 230 g/mol. The van der Waals surface area contributed by atoms with Gasteiger partial charge >= 0.3 is 0 Å². The fraction of sp³-hybridized carbons (Fsp3) is 0.667. The van der Waals surface area contributed by atoms with Crippen LogP contribution in [-0.2, 0) is 13.0 Å². The van der Waals surface area contributed by atoms with Crippen LogP contribution in [0.3, 0.4) is 0 Å². The summed E-state index contributed by atoms with van der Waals surface area (Å²) in [4.78, 5) is 0. The van der Waals surface area contributed by atoms with Crippen molar-refractivity contribution in [2.75, 3.05) is 6.54 Å². The molecule has 0 bridgehead atoms. The second-order valence-corrected chi connectivity index (χ2v) is 6.77. The van der Waals surface area contributed by atoms with E-state index in [1.165, 1.54) is 49.8 Å². The number of nitrogens with one attached hydrogen (secondary N) is 1. The molecular formula is C18H29N. The highest BCUT2D eigenvalue weighted by molar-refractivity contribution is 5.22. The van der Waals surface area contributed by atoms with E-state index in [9.17, 15) is 0 Å². The van der Waals surface area contributed by atoms with Crippen molar-refractivity contribution in [1.82, 2.24) is 5.32 Å². The molecule has 0 amide bonds. The molecule has 106 valence electrons. The van der Waals surface area contributed by atoms with Crippen LogP contribution in [0, 0.1) is 11.3 Å². The van der Waals surface area contributed by atoms with Gasteiger partial charge in [0, 0.05) is 13.1 Å². The van der Waals surface area contributed by atoms with Crippen molar-refractivity contribution in [2.45, 2.75) is 59.4 Å². The van der Waals surface area contributed by atoms with Gasteiger partial charge < -0.3 is 5.32 Å². The van der Waals surface area contributed by atoms with Gasteiger partial charge in [-0.25, -0.2) is 0 Å². The third kappa shape index (κ3) is 4.65. The van der Waals surface area contributed by atoms with E-state index in [-0.39, 0.29) is 0 Å². The van der Waals surface area contributed by atoms with Crippen LogP contribution in [0.2, 0.25) is 0 Å². The third-order valence-corrected chi connectivity index (χ3v) is 4.23. The summed E-state index contributed by atoms with van der Waals surface area (Å²) in [5, 5.41) is 3.65. The van der Waals surface area contributed by atoms with Gasteiger partial charge in [-0.2, -0.15) is 0 Å². The zero-order valence-electron chi connectivity index (χ0n) is 12.8. The largest absolute Gasteiger partial charge is 0.312 e. The van der Waals surface area contributed by atoms with Crippen LogP contribution in [0.1, 0.15) is 57.6 Å². The van der Waals surface area contributed by atoms with E-state index in [4.69, 9.17) is 0 Å². The molecule has 0 aromatic heterocycles. The second-order valence-electron chi connectivity index (χ2n) is 6.77. The predicted octanol–water partition coefficient (Wildman–Crippen LogP) is 4.56. The Kier molecular flexibility index (Phi) is 5.04. The van der Waals surface area contributed by atoms with Gasteiger partial charge in [0.2, 0.25) is 0 Å². The van der Waals surface area contributed by atoms with E-state index < -0.39 is 0 Å². The number of hydrogen-bond acceptors (Lipinski definition) is 1. The summed E-state index contributed by atoms with van der Waals surface area (Å²) in [5.41, 5.74) is 3.54. The van der Waals surface area contributed by atoms with Gasteiger partial charge in [0.25, 0.3) is 0 Å². The zero-order chi connectivity index (χ0) is 13.7. The van der Waals surface area contributed by atoms with E-state index in [1.807, 2.05) is 0 Å². The van der Waals surface area contributed by atoms with Crippen molar-refractivity contribution >= 4 is 0 Å². The maximum Gasteiger partial charge on any atom is 0.0205 e. The summed E-state index contributed by atoms with van der Waals surface area (Å²) in [6.45, 7) is 9.08. The molecule has 19 heavy (non-hydrogen) atoms. The van der Waals surface area contributed by atoms with Crippen molar-refractivity contribution in [3.8, 4) is 0 Å². The van der Waals surface area contributed by atoms with Crippen molar-refractivity contribution in [1.29, 1.82) is 0 Å². The van der Waals surface area contributed by atoms with Crippen molar-refractivity contribution in [3.05, 3.63) is 35.4 Å². The second kappa shape index (κ2) is 6.56. The van der Waals surface area contributed by atoms with Crippen LogP contribution >= 0.6 is 0 Å². The molecule has 2 rings (SSSR count). The minimum absolute atomic E-state index is 0.659. The number of hydrogen-bond donors (Lipinski definition) is 1. The summed E-state index contributed by atoms with van der Waals surface area (Å²) in [5.74, 6) is 0.743. The Morgan fingerprint density at radius 3 is 2.26 bits per heavy atom. The fourth-order valence-electron chi connectivity index (χ4n) is 2.96. The molecule has 0 atom stereocenters.